The Balaban J connectivity index is 1.43. The third kappa shape index (κ3) is 3.35. The highest BCUT2D eigenvalue weighted by atomic mass is 19.1. The van der Waals surface area contributed by atoms with Crippen LogP contribution in [0.15, 0.2) is 48.2 Å². The van der Waals surface area contributed by atoms with Crippen LogP contribution < -0.4 is 5.32 Å². The van der Waals surface area contributed by atoms with Crippen molar-refractivity contribution in [1.82, 2.24) is 15.2 Å². The van der Waals surface area contributed by atoms with Crippen molar-refractivity contribution >= 4 is 28.5 Å². The van der Waals surface area contributed by atoms with Crippen molar-refractivity contribution in [2.45, 2.75) is 25.3 Å². The highest BCUT2D eigenvalue weighted by molar-refractivity contribution is 6.44. The van der Waals surface area contributed by atoms with E-state index in [9.17, 15) is 18.8 Å². The molecule has 4 rings (SSSR count). The van der Waals surface area contributed by atoms with Crippen molar-refractivity contribution in [3.05, 3.63) is 59.6 Å². The standard InChI is InChI=1S/C21H20FN3O3/c22-16-7-4-8-17-18(16)15(11-23-17)19(26)21(28)25-10-9-14(12-25)24-20(27)13-5-2-1-3-6-13/h2,4-8,11,14,23H,1,3,9-10,12H2,(H,24,27). The van der Waals surface area contributed by atoms with E-state index in [2.05, 4.69) is 10.3 Å². The summed E-state index contributed by atoms with van der Waals surface area (Å²) in [5.41, 5.74) is 1.13. The number of fused-ring (bicyclic) bond motifs is 1. The minimum Gasteiger partial charge on any atom is -0.360 e. The van der Waals surface area contributed by atoms with Crippen molar-refractivity contribution < 1.29 is 18.8 Å². The van der Waals surface area contributed by atoms with E-state index in [1.165, 1.54) is 23.2 Å². The van der Waals surface area contributed by atoms with Gasteiger partial charge in [-0.1, -0.05) is 24.3 Å². The maximum atomic E-state index is 14.1. The lowest BCUT2D eigenvalue weighted by Gasteiger charge is -2.17. The number of hydrogen-bond acceptors (Lipinski definition) is 3. The number of allylic oxidation sites excluding steroid dienone is 2. The van der Waals surface area contributed by atoms with E-state index in [0.717, 1.165) is 12.8 Å². The molecule has 1 aromatic carbocycles. The minimum absolute atomic E-state index is 0.0306. The molecule has 2 N–H and O–H groups in total. The number of carbonyl (C=O) groups excluding carboxylic acids is 3. The summed E-state index contributed by atoms with van der Waals surface area (Å²) in [7, 11) is 0. The Morgan fingerprint density at radius 2 is 2.07 bits per heavy atom. The van der Waals surface area contributed by atoms with E-state index in [1.54, 1.807) is 12.1 Å². The predicted molar refractivity (Wildman–Crippen MR) is 102 cm³/mol. The van der Waals surface area contributed by atoms with Gasteiger partial charge in [0.25, 0.3) is 17.6 Å². The maximum Gasteiger partial charge on any atom is 0.295 e. The zero-order valence-corrected chi connectivity index (χ0v) is 15.2. The Bertz CT molecular complexity index is 1020. The number of H-pyrrole nitrogens is 1. The first-order chi connectivity index (χ1) is 13.5. The smallest absolute Gasteiger partial charge is 0.295 e. The van der Waals surface area contributed by atoms with Crippen LogP contribution in [0.3, 0.4) is 0 Å². The number of nitrogens with one attached hydrogen (secondary N) is 2. The molecular weight excluding hydrogens is 361 g/mol. The van der Waals surface area contributed by atoms with E-state index in [-0.39, 0.29) is 29.4 Å². The van der Waals surface area contributed by atoms with Gasteiger partial charge >= 0.3 is 0 Å². The molecule has 7 heteroatoms. The van der Waals surface area contributed by atoms with E-state index in [0.29, 0.717) is 24.1 Å². The van der Waals surface area contributed by atoms with Gasteiger partial charge in [0.15, 0.2) is 0 Å². The van der Waals surface area contributed by atoms with Gasteiger partial charge in [0.1, 0.15) is 5.82 Å². The lowest BCUT2D eigenvalue weighted by Crippen LogP contribution is -2.40. The molecule has 1 aliphatic heterocycles. The van der Waals surface area contributed by atoms with Gasteiger partial charge in [-0.3, -0.25) is 14.4 Å². The van der Waals surface area contributed by atoms with Crippen molar-refractivity contribution in [2.75, 3.05) is 13.1 Å². The number of amides is 2. The number of aromatic amines is 1. The molecule has 2 aromatic rings. The quantitative estimate of drug-likeness (QED) is 0.631. The molecule has 6 nitrogen and oxygen atoms in total. The predicted octanol–water partition coefficient (Wildman–Crippen LogP) is 2.48. The molecule has 1 unspecified atom stereocenters. The molecule has 2 heterocycles. The Labute approximate surface area is 161 Å². The highest BCUT2D eigenvalue weighted by Crippen LogP contribution is 2.23. The van der Waals surface area contributed by atoms with Gasteiger partial charge in [-0.25, -0.2) is 4.39 Å². The number of nitrogens with zero attached hydrogens (tertiary/aromatic N) is 1. The summed E-state index contributed by atoms with van der Waals surface area (Å²) >= 11 is 0. The monoisotopic (exact) mass is 381 g/mol. The first-order valence-electron chi connectivity index (χ1n) is 9.31. The van der Waals surface area contributed by atoms with Crippen LogP contribution in [0.2, 0.25) is 0 Å². The highest BCUT2D eigenvalue weighted by Gasteiger charge is 2.32. The molecule has 0 spiro atoms. The summed E-state index contributed by atoms with van der Waals surface area (Å²) in [6.07, 6.45) is 9.35. The maximum absolute atomic E-state index is 14.1. The average molecular weight is 381 g/mol. The Hall–Kier alpha value is -3.22. The van der Waals surface area contributed by atoms with E-state index < -0.39 is 17.5 Å². The first kappa shape index (κ1) is 18.2. The summed E-state index contributed by atoms with van der Waals surface area (Å²) < 4.78 is 14.1. The van der Waals surface area contributed by atoms with Gasteiger partial charge in [0.05, 0.1) is 5.56 Å². The fourth-order valence-electron chi connectivity index (χ4n) is 3.69. The topological polar surface area (TPSA) is 82.3 Å². The molecule has 0 saturated carbocycles. The Kier molecular flexibility index (Phi) is 4.81. The molecule has 1 atom stereocenters. The molecular formula is C21H20FN3O3. The van der Waals surface area contributed by atoms with E-state index in [1.807, 2.05) is 12.2 Å². The number of aromatic nitrogens is 1. The van der Waals surface area contributed by atoms with Crippen LogP contribution >= 0.6 is 0 Å². The van der Waals surface area contributed by atoms with Gasteiger partial charge in [-0.2, -0.15) is 0 Å². The Morgan fingerprint density at radius 3 is 2.86 bits per heavy atom. The Morgan fingerprint density at radius 1 is 1.21 bits per heavy atom. The van der Waals surface area contributed by atoms with Gasteiger partial charge in [-0.15, -0.1) is 0 Å². The van der Waals surface area contributed by atoms with Gasteiger partial charge in [0.2, 0.25) is 0 Å². The number of Topliss-reactive ketones (excluding diaryl/α,β-unsaturated/α-hetero) is 1. The summed E-state index contributed by atoms with van der Waals surface area (Å²) in [4.78, 5) is 41.8. The molecule has 0 radical (unpaired) electrons. The van der Waals surface area contributed by atoms with Crippen LogP contribution in [0.1, 0.15) is 29.6 Å². The number of benzene rings is 1. The normalized spacial score (nSPS) is 19.0. The fourth-order valence-corrected chi connectivity index (χ4v) is 3.69. The molecule has 2 aliphatic rings. The number of halogens is 1. The zero-order chi connectivity index (χ0) is 19.7. The fraction of sp³-hybridized carbons (Fsp3) is 0.286. The zero-order valence-electron chi connectivity index (χ0n) is 15.2. The van der Waals surface area contributed by atoms with Crippen LogP contribution in [0.25, 0.3) is 10.9 Å². The second kappa shape index (κ2) is 7.42. The van der Waals surface area contributed by atoms with Crippen molar-refractivity contribution in [3.63, 3.8) is 0 Å². The lowest BCUT2D eigenvalue weighted by molar-refractivity contribution is -0.125. The van der Waals surface area contributed by atoms with Crippen LogP contribution in [0.5, 0.6) is 0 Å². The lowest BCUT2D eigenvalue weighted by atomic mass is 10.1. The van der Waals surface area contributed by atoms with E-state index in [4.69, 9.17) is 0 Å². The molecule has 28 heavy (non-hydrogen) atoms. The second-order valence-corrected chi connectivity index (χ2v) is 7.04. The van der Waals surface area contributed by atoms with E-state index >= 15 is 0 Å². The van der Waals surface area contributed by atoms with Crippen LogP contribution in [0.4, 0.5) is 4.39 Å². The number of likely N-dealkylation sites (tertiary alicyclic amines) is 1. The number of ketones is 1. The van der Waals surface area contributed by atoms with Gasteiger partial charge in [-0.05, 0) is 31.4 Å². The largest absolute Gasteiger partial charge is 0.360 e. The summed E-state index contributed by atoms with van der Waals surface area (Å²) in [5, 5.41) is 3.04. The molecule has 1 saturated heterocycles. The number of carbonyl (C=O) groups is 3. The van der Waals surface area contributed by atoms with Crippen LogP contribution in [-0.4, -0.2) is 46.6 Å². The molecule has 1 aromatic heterocycles. The third-order valence-corrected chi connectivity index (χ3v) is 5.16. The SMILES string of the molecule is O=C(NC1CCN(C(=O)C(=O)c2c[nH]c3cccc(F)c23)C1)C1=CCCC=C1. The number of hydrogen-bond donors (Lipinski definition) is 2. The third-order valence-electron chi connectivity index (χ3n) is 5.16. The van der Waals surface area contributed by atoms with Crippen LogP contribution in [0, 0.1) is 5.82 Å². The van der Waals surface area contributed by atoms with Crippen molar-refractivity contribution in [3.8, 4) is 0 Å². The molecule has 144 valence electrons. The van der Waals surface area contributed by atoms with Crippen LogP contribution in [-0.2, 0) is 9.59 Å². The molecule has 0 bridgehead atoms. The van der Waals surface area contributed by atoms with Crippen molar-refractivity contribution in [1.29, 1.82) is 0 Å². The van der Waals surface area contributed by atoms with Crippen molar-refractivity contribution in [2.24, 2.45) is 0 Å². The second-order valence-electron chi connectivity index (χ2n) is 7.04. The number of rotatable bonds is 4. The molecule has 2 amide bonds. The summed E-state index contributed by atoms with van der Waals surface area (Å²) in [6, 6.07) is 4.23. The first-order valence-corrected chi connectivity index (χ1v) is 9.31. The average Bonchev–Trinajstić information content (AvgIpc) is 3.35. The van der Waals surface area contributed by atoms with Gasteiger partial charge < -0.3 is 15.2 Å². The molecule has 1 aliphatic carbocycles. The summed E-state index contributed by atoms with van der Waals surface area (Å²) in [6.45, 7) is 0.632. The molecule has 1 fully saturated rings. The van der Waals surface area contributed by atoms with Gasteiger partial charge in [0, 0.05) is 41.8 Å². The minimum atomic E-state index is -0.749. The summed E-state index contributed by atoms with van der Waals surface area (Å²) in [5.74, 6) is -2.14.